The van der Waals surface area contributed by atoms with Crippen LogP contribution in [0.25, 0.3) is 0 Å². The molecule has 0 aliphatic carbocycles. The second-order valence-electron chi connectivity index (χ2n) is 2.54. The maximum Gasteiger partial charge on any atom is 0.266 e. The van der Waals surface area contributed by atoms with Gasteiger partial charge in [-0.25, -0.2) is 13.8 Å². The zero-order valence-corrected chi connectivity index (χ0v) is 8.55. The van der Waals surface area contributed by atoms with Gasteiger partial charge in [0.2, 0.25) is 0 Å². The summed E-state index contributed by atoms with van der Waals surface area (Å²) in [4.78, 5) is 3.77. The van der Waals surface area contributed by atoms with Crippen LogP contribution in [0.4, 0.5) is 14.5 Å². The van der Waals surface area contributed by atoms with E-state index in [1.165, 1.54) is 0 Å². The monoisotopic (exact) mass is 261 g/mol. The zero-order chi connectivity index (χ0) is 10.7. The summed E-state index contributed by atoms with van der Waals surface area (Å²) >= 11 is 2.90. The molecule has 74 valence electrons. The van der Waals surface area contributed by atoms with Crippen molar-refractivity contribution in [3.05, 3.63) is 21.9 Å². The molecule has 1 heterocycles. The summed E-state index contributed by atoms with van der Waals surface area (Å²) in [6, 6.07) is 2.98. The van der Waals surface area contributed by atoms with Crippen molar-refractivity contribution in [3.63, 3.8) is 0 Å². The van der Waals surface area contributed by atoms with Crippen molar-refractivity contribution in [2.75, 3.05) is 5.73 Å². The molecule has 0 radical (unpaired) electrons. The zero-order valence-electron chi connectivity index (χ0n) is 6.97. The predicted molar refractivity (Wildman–Crippen MR) is 50.6 cm³/mol. The van der Waals surface area contributed by atoms with E-state index in [1.807, 2.05) is 6.07 Å². The molecule has 14 heavy (non-hydrogen) atoms. The van der Waals surface area contributed by atoms with Crippen molar-refractivity contribution in [1.29, 1.82) is 5.26 Å². The predicted octanol–water partition coefficient (Wildman–Crippen LogP) is 2.43. The molecule has 0 saturated heterocycles. The molecular formula is C8H6BrF2N3. The van der Waals surface area contributed by atoms with Crippen LogP contribution in [0.1, 0.15) is 17.7 Å². The Morgan fingerprint density at radius 3 is 2.79 bits per heavy atom. The Bertz CT molecular complexity index is 387. The molecule has 0 amide bonds. The number of hydrogen-bond donors (Lipinski definition) is 1. The van der Waals surface area contributed by atoms with Crippen molar-refractivity contribution in [1.82, 2.24) is 4.98 Å². The van der Waals surface area contributed by atoms with Gasteiger partial charge in [0.25, 0.3) is 6.43 Å². The van der Waals surface area contributed by atoms with Crippen LogP contribution in [0.2, 0.25) is 0 Å². The third-order valence-electron chi connectivity index (χ3n) is 1.60. The maximum atomic E-state index is 12.3. The second-order valence-corrected chi connectivity index (χ2v) is 3.29. The number of halogens is 3. The topological polar surface area (TPSA) is 62.7 Å². The minimum Gasteiger partial charge on any atom is -0.397 e. The summed E-state index contributed by atoms with van der Waals surface area (Å²) in [5.74, 6) is 0. The van der Waals surface area contributed by atoms with Gasteiger partial charge in [0.15, 0.2) is 0 Å². The lowest BCUT2D eigenvalue weighted by Crippen LogP contribution is -2.01. The van der Waals surface area contributed by atoms with Crippen LogP contribution in [-0.2, 0) is 6.42 Å². The van der Waals surface area contributed by atoms with Gasteiger partial charge in [-0.1, -0.05) is 0 Å². The van der Waals surface area contributed by atoms with E-state index in [0.29, 0.717) is 5.69 Å². The lowest BCUT2D eigenvalue weighted by atomic mass is 10.2. The molecule has 3 nitrogen and oxygen atoms in total. The van der Waals surface area contributed by atoms with Gasteiger partial charge in [-0.2, -0.15) is 5.26 Å². The van der Waals surface area contributed by atoms with E-state index < -0.39 is 6.43 Å². The van der Waals surface area contributed by atoms with Gasteiger partial charge in [0.1, 0.15) is 4.60 Å². The Balaban J connectivity index is 3.18. The molecule has 0 spiro atoms. The molecule has 0 aliphatic heterocycles. The molecule has 0 saturated carbocycles. The number of aromatic nitrogens is 1. The van der Waals surface area contributed by atoms with E-state index in [0.717, 1.165) is 6.07 Å². The van der Waals surface area contributed by atoms with Crippen LogP contribution >= 0.6 is 15.9 Å². The summed E-state index contributed by atoms with van der Waals surface area (Å²) in [5.41, 5.74) is 5.61. The van der Waals surface area contributed by atoms with Crippen molar-refractivity contribution in [2.45, 2.75) is 12.8 Å². The molecule has 0 aromatic carbocycles. The third-order valence-corrected chi connectivity index (χ3v) is 2.23. The molecule has 1 rings (SSSR count). The fourth-order valence-electron chi connectivity index (χ4n) is 0.927. The largest absolute Gasteiger partial charge is 0.397 e. The van der Waals surface area contributed by atoms with E-state index in [-0.39, 0.29) is 22.3 Å². The third kappa shape index (κ3) is 2.17. The summed E-state index contributed by atoms with van der Waals surface area (Å²) in [5, 5.41) is 8.40. The molecule has 6 heteroatoms. The fraction of sp³-hybridized carbons (Fsp3) is 0.250. The summed E-state index contributed by atoms with van der Waals surface area (Å²) in [6.07, 6.45) is -2.62. The average Bonchev–Trinajstić information content (AvgIpc) is 2.10. The smallest absolute Gasteiger partial charge is 0.266 e. The molecule has 0 aliphatic rings. The number of rotatable bonds is 2. The highest BCUT2D eigenvalue weighted by Gasteiger charge is 2.15. The van der Waals surface area contributed by atoms with Crippen molar-refractivity contribution < 1.29 is 8.78 Å². The van der Waals surface area contributed by atoms with Gasteiger partial charge >= 0.3 is 0 Å². The van der Waals surface area contributed by atoms with Crippen LogP contribution in [0.5, 0.6) is 0 Å². The SMILES string of the molecule is N#CCc1nc(Br)c(C(F)F)cc1N. The van der Waals surface area contributed by atoms with Crippen molar-refractivity contribution in [2.24, 2.45) is 0 Å². The van der Waals surface area contributed by atoms with E-state index >= 15 is 0 Å². The van der Waals surface area contributed by atoms with Crippen molar-refractivity contribution in [3.8, 4) is 6.07 Å². The molecule has 0 atom stereocenters. The van der Waals surface area contributed by atoms with Crippen LogP contribution < -0.4 is 5.73 Å². The number of nitrogens with zero attached hydrogens (tertiary/aromatic N) is 2. The van der Waals surface area contributed by atoms with Gasteiger partial charge in [-0.15, -0.1) is 0 Å². The van der Waals surface area contributed by atoms with Gasteiger partial charge in [0.05, 0.1) is 29.4 Å². The molecule has 0 bridgehead atoms. The van der Waals surface area contributed by atoms with Crippen LogP contribution in [0.3, 0.4) is 0 Å². The fourth-order valence-corrected chi connectivity index (χ4v) is 1.43. The number of pyridine rings is 1. The van der Waals surface area contributed by atoms with Crippen molar-refractivity contribution >= 4 is 21.6 Å². The first-order valence-electron chi connectivity index (χ1n) is 3.66. The standard InChI is InChI=1S/C8H6BrF2N3/c9-7-4(8(10)11)3-5(13)6(14-7)1-2-12/h3,8H,1,13H2. The molecule has 2 N–H and O–H groups in total. The van der Waals surface area contributed by atoms with Gasteiger partial charge in [0, 0.05) is 0 Å². The van der Waals surface area contributed by atoms with E-state index in [2.05, 4.69) is 20.9 Å². The van der Waals surface area contributed by atoms with E-state index in [4.69, 9.17) is 11.0 Å². The second kappa shape index (κ2) is 4.33. The summed E-state index contributed by atoms with van der Waals surface area (Å²) < 4.78 is 24.7. The normalized spacial score (nSPS) is 10.2. The Kier molecular flexibility index (Phi) is 3.36. The molecule has 0 fully saturated rings. The highest BCUT2D eigenvalue weighted by atomic mass is 79.9. The highest BCUT2D eigenvalue weighted by Crippen LogP contribution is 2.28. The Hall–Kier alpha value is -1.22. The van der Waals surface area contributed by atoms with E-state index in [9.17, 15) is 8.78 Å². The Morgan fingerprint density at radius 1 is 1.64 bits per heavy atom. The van der Waals surface area contributed by atoms with Gasteiger partial charge in [-0.3, -0.25) is 0 Å². The molecule has 0 unspecified atom stereocenters. The quantitative estimate of drug-likeness (QED) is 0.832. The van der Waals surface area contributed by atoms with E-state index in [1.54, 1.807) is 0 Å². The summed E-state index contributed by atoms with van der Waals surface area (Å²) in [6.45, 7) is 0. The molecule has 1 aromatic heterocycles. The number of nitriles is 1. The maximum absolute atomic E-state index is 12.3. The summed E-state index contributed by atoms with van der Waals surface area (Å²) in [7, 11) is 0. The Morgan fingerprint density at radius 2 is 2.29 bits per heavy atom. The van der Waals surface area contributed by atoms with Gasteiger partial charge in [-0.05, 0) is 22.0 Å². The average molecular weight is 262 g/mol. The molecule has 1 aromatic rings. The minimum atomic E-state index is -2.63. The first-order valence-corrected chi connectivity index (χ1v) is 4.45. The molecular weight excluding hydrogens is 256 g/mol. The number of hydrogen-bond acceptors (Lipinski definition) is 3. The minimum absolute atomic E-state index is 0.00789. The first kappa shape index (κ1) is 10.9. The number of anilines is 1. The van der Waals surface area contributed by atoms with Crippen LogP contribution in [0, 0.1) is 11.3 Å². The lowest BCUT2D eigenvalue weighted by Gasteiger charge is -2.06. The lowest BCUT2D eigenvalue weighted by molar-refractivity contribution is 0.150. The van der Waals surface area contributed by atoms with Gasteiger partial charge < -0.3 is 5.73 Å². The van der Waals surface area contributed by atoms with Crippen LogP contribution in [0.15, 0.2) is 10.7 Å². The number of alkyl halides is 2. The number of nitrogens with two attached hydrogens (primary N) is 1. The first-order chi connectivity index (χ1) is 6.56. The Labute approximate surface area is 87.7 Å². The number of nitrogen functional groups attached to an aromatic ring is 1. The van der Waals surface area contributed by atoms with Crippen LogP contribution in [-0.4, -0.2) is 4.98 Å². The highest BCUT2D eigenvalue weighted by molar-refractivity contribution is 9.10.